The van der Waals surface area contributed by atoms with E-state index in [1.54, 1.807) is 0 Å². The van der Waals surface area contributed by atoms with Crippen LogP contribution in [-0.4, -0.2) is 19.6 Å². The average molecular weight is 212 g/mol. The van der Waals surface area contributed by atoms with E-state index in [1.807, 2.05) is 0 Å². The third-order valence-corrected chi connectivity index (χ3v) is 4.10. The van der Waals surface area contributed by atoms with Gasteiger partial charge in [-0.05, 0) is 50.1 Å². The standard InChI is InChI=1S/C13H28N2/c1-3-13(4-2,10-14)11-15-9-5-6-12-7-8-12/h12,15H,3-11,14H2,1-2H3. The molecule has 1 aliphatic carbocycles. The molecule has 0 aromatic carbocycles. The van der Waals surface area contributed by atoms with Gasteiger partial charge in [-0.3, -0.25) is 0 Å². The number of rotatable bonds is 9. The highest BCUT2D eigenvalue weighted by Gasteiger charge is 2.24. The molecule has 90 valence electrons. The summed E-state index contributed by atoms with van der Waals surface area (Å²) < 4.78 is 0. The Morgan fingerprint density at radius 3 is 2.40 bits per heavy atom. The highest BCUT2D eigenvalue weighted by atomic mass is 14.9. The van der Waals surface area contributed by atoms with E-state index in [1.165, 1.54) is 45.1 Å². The molecule has 0 radical (unpaired) electrons. The lowest BCUT2D eigenvalue weighted by Gasteiger charge is -2.30. The summed E-state index contributed by atoms with van der Waals surface area (Å²) in [6.07, 6.45) is 8.12. The molecule has 0 spiro atoms. The first-order chi connectivity index (χ1) is 7.26. The summed E-state index contributed by atoms with van der Waals surface area (Å²) >= 11 is 0. The molecule has 1 rings (SSSR count). The average Bonchev–Trinajstić information content (AvgIpc) is 3.08. The zero-order chi connectivity index (χ0) is 11.1. The van der Waals surface area contributed by atoms with Crippen LogP contribution in [0.3, 0.4) is 0 Å². The lowest BCUT2D eigenvalue weighted by Crippen LogP contribution is -2.39. The van der Waals surface area contributed by atoms with Crippen molar-refractivity contribution in [2.45, 2.75) is 52.4 Å². The van der Waals surface area contributed by atoms with E-state index in [0.29, 0.717) is 5.41 Å². The Morgan fingerprint density at radius 1 is 1.27 bits per heavy atom. The van der Waals surface area contributed by atoms with Crippen molar-refractivity contribution < 1.29 is 0 Å². The van der Waals surface area contributed by atoms with Crippen LogP contribution in [0.25, 0.3) is 0 Å². The maximum absolute atomic E-state index is 5.86. The molecule has 1 saturated carbocycles. The Labute approximate surface area is 95.0 Å². The van der Waals surface area contributed by atoms with Gasteiger partial charge in [0.2, 0.25) is 0 Å². The molecular weight excluding hydrogens is 184 g/mol. The van der Waals surface area contributed by atoms with Crippen LogP contribution in [0.1, 0.15) is 52.4 Å². The molecule has 3 N–H and O–H groups in total. The zero-order valence-corrected chi connectivity index (χ0v) is 10.5. The first-order valence-electron chi connectivity index (χ1n) is 6.67. The molecule has 0 saturated heterocycles. The molecule has 15 heavy (non-hydrogen) atoms. The van der Waals surface area contributed by atoms with Gasteiger partial charge in [0.05, 0.1) is 0 Å². The molecule has 0 amide bonds. The summed E-state index contributed by atoms with van der Waals surface area (Å²) in [5.74, 6) is 1.07. The van der Waals surface area contributed by atoms with Crippen LogP contribution >= 0.6 is 0 Å². The minimum absolute atomic E-state index is 0.347. The Hall–Kier alpha value is -0.0800. The van der Waals surface area contributed by atoms with Crippen LogP contribution in [0.4, 0.5) is 0 Å². The first-order valence-corrected chi connectivity index (χ1v) is 6.67. The van der Waals surface area contributed by atoms with Gasteiger partial charge in [-0.25, -0.2) is 0 Å². The molecule has 0 heterocycles. The van der Waals surface area contributed by atoms with E-state index >= 15 is 0 Å². The largest absolute Gasteiger partial charge is 0.330 e. The summed E-state index contributed by atoms with van der Waals surface area (Å²) in [6.45, 7) is 7.60. The second kappa shape index (κ2) is 6.49. The fourth-order valence-corrected chi connectivity index (χ4v) is 2.14. The summed E-state index contributed by atoms with van der Waals surface area (Å²) in [4.78, 5) is 0. The quantitative estimate of drug-likeness (QED) is 0.576. The SMILES string of the molecule is CCC(CC)(CN)CNCCCC1CC1. The molecule has 1 aliphatic rings. The lowest BCUT2D eigenvalue weighted by atomic mass is 9.82. The lowest BCUT2D eigenvalue weighted by molar-refractivity contribution is 0.259. The Balaban J connectivity index is 2.04. The summed E-state index contributed by atoms with van der Waals surface area (Å²) in [5, 5.41) is 3.58. The molecule has 0 bridgehead atoms. The van der Waals surface area contributed by atoms with Crippen molar-refractivity contribution >= 4 is 0 Å². The van der Waals surface area contributed by atoms with Gasteiger partial charge < -0.3 is 11.1 Å². The summed E-state index contributed by atoms with van der Waals surface area (Å²) in [7, 11) is 0. The predicted octanol–water partition coefficient (Wildman–Crippen LogP) is 2.53. The van der Waals surface area contributed by atoms with E-state index < -0.39 is 0 Å². The van der Waals surface area contributed by atoms with E-state index in [4.69, 9.17) is 5.73 Å². The van der Waals surface area contributed by atoms with Crippen LogP contribution in [-0.2, 0) is 0 Å². The highest BCUT2D eigenvalue weighted by Crippen LogP contribution is 2.33. The fraction of sp³-hybridized carbons (Fsp3) is 1.00. The van der Waals surface area contributed by atoms with E-state index in [9.17, 15) is 0 Å². The number of hydrogen-bond acceptors (Lipinski definition) is 2. The van der Waals surface area contributed by atoms with E-state index in [-0.39, 0.29) is 0 Å². The predicted molar refractivity (Wildman–Crippen MR) is 66.9 cm³/mol. The third-order valence-electron chi connectivity index (χ3n) is 4.10. The second-order valence-corrected chi connectivity index (χ2v) is 5.17. The van der Waals surface area contributed by atoms with Crippen LogP contribution in [0, 0.1) is 11.3 Å². The van der Waals surface area contributed by atoms with Crippen LogP contribution in [0.2, 0.25) is 0 Å². The molecule has 0 aromatic heterocycles. The van der Waals surface area contributed by atoms with Gasteiger partial charge in [0, 0.05) is 6.54 Å². The van der Waals surface area contributed by atoms with Crippen molar-refractivity contribution in [2.24, 2.45) is 17.1 Å². The molecule has 0 aliphatic heterocycles. The minimum atomic E-state index is 0.347. The van der Waals surface area contributed by atoms with Gasteiger partial charge in [-0.2, -0.15) is 0 Å². The first kappa shape index (κ1) is 13.0. The molecule has 1 fully saturated rings. The van der Waals surface area contributed by atoms with Crippen molar-refractivity contribution in [1.82, 2.24) is 5.32 Å². The van der Waals surface area contributed by atoms with Crippen molar-refractivity contribution in [3.05, 3.63) is 0 Å². The number of nitrogens with two attached hydrogens (primary N) is 1. The Morgan fingerprint density at radius 2 is 1.93 bits per heavy atom. The van der Waals surface area contributed by atoms with Gasteiger partial charge in [0.15, 0.2) is 0 Å². The minimum Gasteiger partial charge on any atom is -0.330 e. The third kappa shape index (κ3) is 4.52. The van der Waals surface area contributed by atoms with Crippen molar-refractivity contribution in [2.75, 3.05) is 19.6 Å². The molecule has 0 aromatic rings. The maximum Gasteiger partial charge on any atom is 0.00197 e. The van der Waals surface area contributed by atoms with Gasteiger partial charge >= 0.3 is 0 Å². The van der Waals surface area contributed by atoms with Crippen LogP contribution in [0.15, 0.2) is 0 Å². The summed E-state index contributed by atoms with van der Waals surface area (Å²) in [5.41, 5.74) is 6.21. The molecule has 0 atom stereocenters. The number of nitrogens with one attached hydrogen (secondary N) is 1. The summed E-state index contributed by atoms with van der Waals surface area (Å²) in [6, 6.07) is 0. The topological polar surface area (TPSA) is 38.0 Å². The molecule has 2 heteroatoms. The number of hydrogen-bond donors (Lipinski definition) is 2. The van der Waals surface area contributed by atoms with Gasteiger partial charge in [-0.15, -0.1) is 0 Å². The smallest absolute Gasteiger partial charge is 0.00197 e. The monoisotopic (exact) mass is 212 g/mol. The Bertz CT molecular complexity index is 152. The molecular formula is C13H28N2. The van der Waals surface area contributed by atoms with Crippen LogP contribution < -0.4 is 11.1 Å². The van der Waals surface area contributed by atoms with Gasteiger partial charge in [0.1, 0.15) is 0 Å². The molecule has 2 nitrogen and oxygen atoms in total. The van der Waals surface area contributed by atoms with Crippen molar-refractivity contribution in [3.8, 4) is 0 Å². The second-order valence-electron chi connectivity index (χ2n) is 5.17. The van der Waals surface area contributed by atoms with Crippen molar-refractivity contribution in [3.63, 3.8) is 0 Å². The van der Waals surface area contributed by atoms with Crippen LogP contribution in [0.5, 0.6) is 0 Å². The Kier molecular flexibility index (Phi) is 5.62. The molecule has 0 unspecified atom stereocenters. The fourth-order valence-electron chi connectivity index (χ4n) is 2.14. The van der Waals surface area contributed by atoms with Crippen molar-refractivity contribution in [1.29, 1.82) is 0 Å². The van der Waals surface area contributed by atoms with E-state index in [2.05, 4.69) is 19.2 Å². The van der Waals surface area contributed by atoms with E-state index in [0.717, 1.165) is 19.0 Å². The zero-order valence-electron chi connectivity index (χ0n) is 10.5. The van der Waals surface area contributed by atoms with Gasteiger partial charge in [0.25, 0.3) is 0 Å². The highest BCUT2D eigenvalue weighted by molar-refractivity contribution is 4.80. The maximum atomic E-state index is 5.86. The normalized spacial score (nSPS) is 17.0. The van der Waals surface area contributed by atoms with Gasteiger partial charge in [-0.1, -0.05) is 26.7 Å².